The molecule has 0 spiro atoms. The van der Waals surface area contributed by atoms with Gasteiger partial charge in [0.05, 0.1) is 6.54 Å². The molecule has 2 N–H and O–H groups in total. The van der Waals surface area contributed by atoms with Gasteiger partial charge < -0.3 is 10.3 Å². The molecule has 1 fully saturated rings. The van der Waals surface area contributed by atoms with E-state index in [1.165, 1.54) is 12.8 Å². The Morgan fingerprint density at radius 3 is 2.90 bits per heavy atom. The maximum atomic E-state index is 5.30. The summed E-state index contributed by atoms with van der Waals surface area (Å²) in [6, 6.07) is 0. The van der Waals surface area contributed by atoms with Crippen molar-refractivity contribution in [1.82, 2.24) is 10.1 Å². The summed E-state index contributed by atoms with van der Waals surface area (Å²) in [6.07, 6.45) is 2.37. The SMILES string of the molecule is NCc1noc(C2CC2)n1. The zero-order valence-corrected chi connectivity index (χ0v) is 5.58. The Balaban J connectivity index is 2.19. The van der Waals surface area contributed by atoms with Crippen LogP contribution >= 0.6 is 0 Å². The summed E-state index contributed by atoms with van der Waals surface area (Å²) in [6.45, 7) is 0.371. The van der Waals surface area contributed by atoms with Crippen LogP contribution in [0.15, 0.2) is 4.52 Å². The van der Waals surface area contributed by atoms with Crippen molar-refractivity contribution < 1.29 is 4.52 Å². The van der Waals surface area contributed by atoms with Crippen molar-refractivity contribution in [3.63, 3.8) is 0 Å². The summed E-state index contributed by atoms with van der Waals surface area (Å²) in [5, 5.41) is 3.68. The van der Waals surface area contributed by atoms with E-state index in [-0.39, 0.29) is 0 Å². The fourth-order valence-electron chi connectivity index (χ4n) is 0.846. The van der Waals surface area contributed by atoms with Crippen LogP contribution in [-0.4, -0.2) is 10.1 Å². The summed E-state index contributed by atoms with van der Waals surface area (Å²) in [4.78, 5) is 4.09. The summed E-state index contributed by atoms with van der Waals surface area (Å²) in [7, 11) is 0. The first-order valence-corrected chi connectivity index (χ1v) is 3.42. The minimum absolute atomic E-state index is 0.371. The Kier molecular flexibility index (Phi) is 1.20. The van der Waals surface area contributed by atoms with Crippen LogP contribution in [0, 0.1) is 0 Å². The molecule has 0 atom stereocenters. The van der Waals surface area contributed by atoms with Gasteiger partial charge in [-0.1, -0.05) is 5.16 Å². The highest BCUT2D eigenvalue weighted by Crippen LogP contribution is 2.38. The van der Waals surface area contributed by atoms with Gasteiger partial charge in [-0.15, -0.1) is 0 Å². The molecule has 0 aromatic carbocycles. The van der Waals surface area contributed by atoms with E-state index in [1.54, 1.807) is 0 Å². The maximum absolute atomic E-state index is 5.30. The third-order valence-corrected chi connectivity index (χ3v) is 1.59. The van der Waals surface area contributed by atoms with Crippen LogP contribution in [0.3, 0.4) is 0 Å². The third kappa shape index (κ3) is 0.903. The second kappa shape index (κ2) is 2.05. The monoisotopic (exact) mass is 139 g/mol. The first kappa shape index (κ1) is 5.85. The fraction of sp³-hybridized carbons (Fsp3) is 0.667. The highest BCUT2D eigenvalue weighted by Gasteiger charge is 2.29. The van der Waals surface area contributed by atoms with Gasteiger partial charge in [-0.2, -0.15) is 4.98 Å². The van der Waals surface area contributed by atoms with Crippen LogP contribution in [-0.2, 0) is 6.54 Å². The minimum atomic E-state index is 0.371. The zero-order chi connectivity index (χ0) is 6.97. The minimum Gasteiger partial charge on any atom is -0.339 e. The van der Waals surface area contributed by atoms with Gasteiger partial charge >= 0.3 is 0 Å². The molecular formula is C6H9N3O. The highest BCUT2D eigenvalue weighted by molar-refractivity contribution is 5.01. The highest BCUT2D eigenvalue weighted by atomic mass is 16.5. The third-order valence-electron chi connectivity index (χ3n) is 1.59. The van der Waals surface area contributed by atoms with Crippen LogP contribution < -0.4 is 5.73 Å². The smallest absolute Gasteiger partial charge is 0.229 e. The first-order valence-electron chi connectivity index (χ1n) is 3.42. The number of hydrogen-bond acceptors (Lipinski definition) is 4. The second-order valence-corrected chi connectivity index (χ2v) is 2.53. The van der Waals surface area contributed by atoms with Crippen LogP contribution in [0.4, 0.5) is 0 Å². The van der Waals surface area contributed by atoms with E-state index in [9.17, 15) is 0 Å². The average Bonchev–Trinajstić information content (AvgIpc) is 2.70. The van der Waals surface area contributed by atoms with E-state index in [0.29, 0.717) is 18.3 Å². The molecular weight excluding hydrogens is 130 g/mol. The van der Waals surface area contributed by atoms with Gasteiger partial charge in [0.2, 0.25) is 5.89 Å². The lowest BCUT2D eigenvalue weighted by Gasteiger charge is -1.79. The molecule has 1 aromatic heterocycles. The van der Waals surface area contributed by atoms with Crippen molar-refractivity contribution in [2.24, 2.45) is 5.73 Å². The number of aromatic nitrogens is 2. The largest absolute Gasteiger partial charge is 0.339 e. The number of hydrogen-bond donors (Lipinski definition) is 1. The Bertz CT molecular complexity index is 229. The molecule has 2 rings (SSSR count). The molecule has 4 heteroatoms. The molecule has 1 aliphatic carbocycles. The van der Waals surface area contributed by atoms with E-state index < -0.39 is 0 Å². The molecule has 0 radical (unpaired) electrons. The van der Waals surface area contributed by atoms with E-state index in [2.05, 4.69) is 10.1 Å². The molecule has 1 aromatic rings. The van der Waals surface area contributed by atoms with Crippen molar-refractivity contribution >= 4 is 0 Å². The van der Waals surface area contributed by atoms with Crippen molar-refractivity contribution in [1.29, 1.82) is 0 Å². The Hall–Kier alpha value is -0.900. The molecule has 0 amide bonds. The zero-order valence-electron chi connectivity index (χ0n) is 5.58. The standard InChI is InChI=1S/C6H9N3O/c7-3-5-8-6(10-9-5)4-1-2-4/h4H,1-3,7H2. The van der Waals surface area contributed by atoms with Gasteiger partial charge in [-0.3, -0.25) is 0 Å². The normalized spacial score (nSPS) is 17.7. The van der Waals surface area contributed by atoms with E-state index in [1.807, 2.05) is 0 Å². The van der Waals surface area contributed by atoms with Crippen molar-refractivity contribution in [3.8, 4) is 0 Å². The molecule has 54 valence electrons. The fourth-order valence-corrected chi connectivity index (χ4v) is 0.846. The van der Waals surface area contributed by atoms with Crippen molar-refractivity contribution in [3.05, 3.63) is 11.7 Å². The predicted octanol–water partition coefficient (Wildman–Crippen LogP) is 0.406. The van der Waals surface area contributed by atoms with Crippen molar-refractivity contribution in [2.75, 3.05) is 0 Å². The first-order chi connectivity index (χ1) is 4.90. The van der Waals surface area contributed by atoms with Gasteiger partial charge in [0.25, 0.3) is 0 Å². The molecule has 0 saturated heterocycles. The Morgan fingerprint density at radius 2 is 2.40 bits per heavy atom. The molecule has 4 nitrogen and oxygen atoms in total. The van der Waals surface area contributed by atoms with Crippen LogP contribution in [0.25, 0.3) is 0 Å². The van der Waals surface area contributed by atoms with Gasteiger partial charge in [-0.25, -0.2) is 0 Å². The Morgan fingerprint density at radius 1 is 1.60 bits per heavy atom. The molecule has 10 heavy (non-hydrogen) atoms. The van der Waals surface area contributed by atoms with Crippen LogP contribution in [0.5, 0.6) is 0 Å². The van der Waals surface area contributed by atoms with Crippen LogP contribution in [0.2, 0.25) is 0 Å². The molecule has 1 aliphatic rings. The molecule has 0 bridgehead atoms. The van der Waals surface area contributed by atoms with Gasteiger partial charge in [0.1, 0.15) is 0 Å². The number of nitrogens with two attached hydrogens (primary N) is 1. The lowest BCUT2D eigenvalue weighted by Crippen LogP contribution is -1.97. The summed E-state index contributed by atoms with van der Waals surface area (Å²) in [5.41, 5.74) is 5.30. The van der Waals surface area contributed by atoms with E-state index in [4.69, 9.17) is 10.3 Å². The Labute approximate surface area is 58.4 Å². The molecule has 0 aliphatic heterocycles. The molecule has 0 unspecified atom stereocenters. The summed E-state index contributed by atoms with van der Waals surface area (Å²) < 4.78 is 4.94. The summed E-state index contributed by atoms with van der Waals surface area (Å²) >= 11 is 0. The van der Waals surface area contributed by atoms with Gasteiger partial charge in [-0.05, 0) is 12.8 Å². The van der Waals surface area contributed by atoms with E-state index >= 15 is 0 Å². The maximum Gasteiger partial charge on any atom is 0.229 e. The van der Waals surface area contributed by atoms with Gasteiger partial charge in [0.15, 0.2) is 5.82 Å². The van der Waals surface area contributed by atoms with Crippen LogP contribution in [0.1, 0.15) is 30.5 Å². The lowest BCUT2D eigenvalue weighted by atomic mass is 10.4. The lowest BCUT2D eigenvalue weighted by molar-refractivity contribution is 0.374. The topological polar surface area (TPSA) is 64.9 Å². The summed E-state index contributed by atoms with van der Waals surface area (Å²) in [5.74, 6) is 1.91. The van der Waals surface area contributed by atoms with Crippen molar-refractivity contribution in [2.45, 2.75) is 25.3 Å². The van der Waals surface area contributed by atoms with E-state index in [0.717, 1.165) is 5.89 Å². The molecule has 1 saturated carbocycles. The number of rotatable bonds is 2. The molecule has 1 heterocycles. The second-order valence-electron chi connectivity index (χ2n) is 2.53. The van der Waals surface area contributed by atoms with Gasteiger partial charge in [0, 0.05) is 5.92 Å². The average molecular weight is 139 g/mol. The number of nitrogens with zero attached hydrogens (tertiary/aromatic N) is 2. The predicted molar refractivity (Wildman–Crippen MR) is 34.2 cm³/mol. The quantitative estimate of drug-likeness (QED) is 0.644.